The second-order valence-corrected chi connectivity index (χ2v) is 5.96. The van der Waals surface area contributed by atoms with E-state index in [2.05, 4.69) is 10.2 Å². The largest absolute Gasteiger partial charge is 0.449 e. The average Bonchev–Trinajstić information content (AvgIpc) is 3.12. The molecule has 10 heteroatoms. The summed E-state index contributed by atoms with van der Waals surface area (Å²) in [6.45, 7) is 1.57. The Kier molecular flexibility index (Phi) is 5.04. The number of hydrogen-bond acceptors (Lipinski definition) is 8. The minimum atomic E-state index is -0.827. The van der Waals surface area contributed by atoms with Crippen LogP contribution in [0.2, 0.25) is 5.02 Å². The number of benzene rings is 2. The van der Waals surface area contributed by atoms with Gasteiger partial charge in [0.05, 0.1) is 10.5 Å². The van der Waals surface area contributed by atoms with Gasteiger partial charge in [-0.05, 0) is 37.3 Å². The summed E-state index contributed by atoms with van der Waals surface area (Å²) < 4.78 is 10.8. The molecule has 0 aliphatic rings. The normalized spacial score (nSPS) is 11.8. The van der Waals surface area contributed by atoms with E-state index in [1.165, 1.54) is 42.5 Å². The molecule has 0 fully saturated rings. The molecule has 1 heterocycles. The second kappa shape index (κ2) is 7.42. The fourth-order valence-electron chi connectivity index (χ4n) is 2.24. The lowest BCUT2D eigenvalue weighted by Gasteiger charge is -2.10. The number of esters is 1. The predicted molar refractivity (Wildman–Crippen MR) is 96.1 cm³/mol. The Hall–Kier alpha value is -3.46. The number of non-ortho nitro benzene ring substituents is 1. The Labute approximate surface area is 157 Å². The van der Waals surface area contributed by atoms with Crippen LogP contribution in [0.4, 0.5) is 11.4 Å². The van der Waals surface area contributed by atoms with Crippen molar-refractivity contribution in [2.45, 2.75) is 13.0 Å². The minimum Gasteiger partial charge on any atom is -0.449 e. The van der Waals surface area contributed by atoms with E-state index in [1.54, 1.807) is 6.92 Å². The number of carbonyl (C=O) groups excluding carboxylic acids is 1. The molecule has 1 aromatic heterocycles. The van der Waals surface area contributed by atoms with Gasteiger partial charge in [-0.25, -0.2) is 4.79 Å². The Morgan fingerprint density at radius 3 is 2.59 bits per heavy atom. The predicted octanol–water partition coefficient (Wildman–Crippen LogP) is 3.80. The number of carbonyl (C=O) groups is 1. The van der Waals surface area contributed by atoms with Crippen molar-refractivity contribution in [3.05, 3.63) is 69.1 Å². The fourth-order valence-corrected chi connectivity index (χ4v) is 2.42. The molecule has 2 aromatic carbocycles. The third-order valence-corrected chi connectivity index (χ3v) is 3.87. The zero-order valence-electron chi connectivity index (χ0n) is 14.0. The van der Waals surface area contributed by atoms with Crippen molar-refractivity contribution in [2.24, 2.45) is 0 Å². The molecular weight excluding hydrogens is 376 g/mol. The van der Waals surface area contributed by atoms with Crippen LogP contribution in [0.5, 0.6) is 0 Å². The van der Waals surface area contributed by atoms with Gasteiger partial charge in [0.25, 0.3) is 11.6 Å². The number of nitrogens with two attached hydrogens (primary N) is 1. The van der Waals surface area contributed by atoms with Crippen molar-refractivity contribution in [1.29, 1.82) is 0 Å². The van der Waals surface area contributed by atoms with Crippen molar-refractivity contribution in [1.82, 2.24) is 10.2 Å². The highest BCUT2D eigenvalue weighted by molar-refractivity contribution is 6.31. The van der Waals surface area contributed by atoms with Crippen molar-refractivity contribution >= 4 is 28.9 Å². The van der Waals surface area contributed by atoms with Gasteiger partial charge in [0.1, 0.15) is 0 Å². The molecule has 0 radical (unpaired) electrons. The molecule has 0 amide bonds. The summed E-state index contributed by atoms with van der Waals surface area (Å²) in [6, 6.07) is 10.1. The third kappa shape index (κ3) is 4.04. The van der Waals surface area contributed by atoms with E-state index in [0.29, 0.717) is 10.6 Å². The van der Waals surface area contributed by atoms with Gasteiger partial charge in [-0.2, -0.15) is 0 Å². The molecular formula is C17H13ClN4O5. The van der Waals surface area contributed by atoms with Crippen molar-refractivity contribution in [3.8, 4) is 11.5 Å². The number of halogens is 1. The number of nitrogen functional groups attached to an aromatic ring is 1. The molecule has 0 aliphatic carbocycles. The molecule has 0 bridgehead atoms. The molecule has 0 aliphatic heterocycles. The zero-order chi connectivity index (χ0) is 19.6. The maximum Gasteiger partial charge on any atom is 0.341 e. The van der Waals surface area contributed by atoms with Gasteiger partial charge in [0.2, 0.25) is 5.89 Å². The molecule has 0 saturated carbocycles. The van der Waals surface area contributed by atoms with Crippen LogP contribution in [-0.2, 0) is 4.74 Å². The maximum atomic E-state index is 12.2. The van der Waals surface area contributed by atoms with E-state index in [0.717, 1.165) is 0 Å². The average molecular weight is 389 g/mol. The molecule has 1 unspecified atom stereocenters. The number of ether oxygens (including phenoxy) is 1. The SMILES string of the molecule is CC(OC(=O)c1ccc(Cl)cc1N)c1nnc(-c2ccc([N+](=O)[O-])cc2)o1. The Morgan fingerprint density at radius 1 is 1.26 bits per heavy atom. The van der Waals surface area contributed by atoms with Crippen LogP contribution in [0.3, 0.4) is 0 Å². The van der Waals surface area contributed by atoms with E-state index in [4.69, 9.17) is 26.5 Å². The van der Waals surface area contributed by atoms with Crippen LogP contribution in [0.25, 0.3) is 11.5 Å². The lowest BCUT2D eigenvalue weighted by atomic mass is 10.2. The quantitative estimate of drug-likeness (QED) is 0.302. The van der Waals surface area contributed by atoms with Crippen LogP contribution in [0.15, 0.2) is 46.9 Å². The zero-order valence-corrected chi connectivity index (χ0v) is 14.7. The van der Waals surface area contributed by atoms with E-state index in [9.17, 15) is 14.9 Å². The molecule has 3 aromatic rings. The first-order chi connectivity index (χ1) is 12.8. The van der Waals surface area contributed by atoms with Crippen molar-refractivity contribution in [3.63, 3.8) is 0 Å². The van der Waals surface area contributed by atoms with Crippen LogP contribution in [0, 0.1) is 10.1 Å². The highest BCUT2D eigenvalue weighted by Gasteiger charge is 2.21. The number of rotatable bonds is 5. The van der Waals surface area contributed by atoms with Gasteiger partial charge in [0, 0.05) is 28.4 Å². The van der Waals surface area contributed by atoms with Crippen LogP contribution >= 0.6 is 11.6 Å². The first kappa shape index (κ1) is 18.3. The summed E-state index contributed by atoms with van der Waals surface area (Å²) in [6.07, 6.45) is -0.827. The molecule has 0 spiro atoms. The standard InChI is InChI=1S/C17H13ClN4O5/c1-9(26-17(23)13-7-4-11(18)8-14(13)19)15-20-21-16(27-15)10-2-5-12(6-3-10)22(24)25/h2-9H,19H2,1H3. The van der Waals surface area contributed by atoms with Gasteiger partial charge in [-0.1, -0.05) is 11.6 Å². The first-order valence-electron chi connectivity index (χ1n) is 7.69. The lowest BCUT2D eigenvalue weighted by molar-refractivity contribution is -0.384. The van der Waals surface area contributed by atoms with E-state index < -0.39 is 17.0 Å². The minimum absolute atomic E-state index is 0.0543. The van der Waals surface area contributed by atoms with Crippen molar-refractivity contribution in [2.75, 3.05) is 5.73 Å². The maximum absolute atomic E-state index is 12.2. The molecule has 138 valence electrons. The van der Waals surface area contributed by atoms with Gasteiger partial charge in [-0.3, -0.25) is 10.1 Å². The summed E-state index contributed by atoms with van der Waals surface area (Å²) in [5.74, 6) is -0.440. The van der Waals surface area contributed by atoms with Crippen LogP contribution in [-0.4, -0.2) is 21.1 Å². The summed E-state index contributed by atoms with van der Waals surface area (Å²) in [5.41, 5.74) is 6.57. The van der Waals surface area contributed by atoms with Gasteiger partial charge >= 0.3 is 5.97 Å². The Balaban J connectivity index is 1.73. The van der Waals surface area contributed by atoms with Gasteiger partial charge in [0.15, 0.2) is 6.10 Å². The molecule has 3 rings (SSSR count). The lowest BCUT2D eigenvalue weighted by Crippen LogP contribution is -2.11. The number of hydrogen-bond donors (Lipinski definition) is 1. The monoisotopic (exact) mass is 388 g/mol. The molecule has 2 N–H and O–H groups in total. The molecule has 9 nitrogen and oxygen atoms in total. The number of nitro benzene ring substituents is 1. The Morgan fingerprint density at radius 2 is 1.96 bits per heavy atom. The summed E-state index contributed by atoms with van der Waals surface area (Å²) in [5, 5.41) is 18.8. The highest BCUT2D eigenvalue weighted by Crippen LogP contribution is 2.26. The highest BCUT2D eigenvalue weighted by atomic mass is 35.5. The van der Waals surface area contributed by atoms with Crippen LogP contribution < -0.4 is 5.73 Å². The summed E-state index contributed by atoms with van der Waals surface area (Å²) in [7, 11) is 0. The molecule has 27 heavy (non-hydrogen) atoms. The fraction of sp³-hybridized carbons (Fsp3) is 0.118. The van der Waals surface area contributed by atoms with E-state index in [1.807, 2.05) is 0 Å². The third-order valence-electron chi connectivity index (χ3n) is 3.63. The first-order valence-corrected chi connectivity index (χ1v) is 8.07. The number of aromatic nitrogens is 2. The number of nitro groups is 1. The van der Waals surface area contributed by atoms with Crippen molar-refractivity contribution < 1.29 is 18.9 Å². The molecule has 0 saturated heterocycles. The smallest absolute Gasteiger partial charge is 0.341 e. The van der Waals surface area contributed by atoms with Gasteiger partial charge < -0.3 is 14.9 Å². The summed E-state index contributed by atoms with van der Waals surface area (Å²) >= 11 is 5.81. The number of anilines is 1. The second-order valence-electron chi connectivity index (χ2n) is 5.53. The van der Waals surface area contributed by atoms with Crippen LogP contribution in [0.1, 0.15) is 29.3 Å². The van der Waals surface area contributed by atoms with E-state index in [-0.39, 0.29) is 28.7 Å². The number of nitrogens with zero attached hydrogens (tertiary/aromatic N) is 3. The van der Waals surface area contributed by atoms with Gasteiger partial charge in [-0.15, -0.1) is 10.2 Å². The Bertz CT molecular complexity index is 1000. The van der Waals surface area contributed by atoms with E-state index >= 15 is 0 Å². The summed E-state index contributed by atoms with van der Waals surface area (Å²) in [4.78, 5) is 22.4. The topological polar surface area (TPSA) is 134 Å². The molecule has 1 atom stereocenters.